The summed E-state index contributed by atoms with van der Waals surface area (Å²) < 4.78 is 39.7. The van der Waals surface area contributed by atoms with E-state index in [4.69, 9.17) is 0 Å². The summed E-state index contributed by atoms with van der Waals surface area (Å²) in [6, 6.07) is 3.14. The van der Waals surface area contributed by atoms with Crippen LogP contribution in [0.3, 0.4) is 0 Å². The minimum Gasteiger partial charge on any atom is -0.327 e. The maximum absolute atomic E-state index is 14.1. The van der Waals surface area contributed by atoms with Crippen molar-refractivity contribution in [3.05, 3.63) is 62.5 Å². The lowest BCUT2D eigenvalue weighted by Crippen LogP contribution is -2.17. The average Bonchev–Trinajstić information content (AvgIpc) is 2.58. The van der Waals surface area contributed by atoms with E-state index in [2.05, 4.69) is 36.2 Å². The summed E-state index contributed by atoms with van der Waals surface area (Å²) in [6.07, 6.45) is -0.661. The van der Waals surface area contributed by atoms with E-state index in [1.807, 2.05) is 0 Å². The number of carbonyl (C=O) groups is 1. The maximum Gasteiger partial charge on any atom is 0.266 e. The van der Waals surface area contributed by atoms with Crippen molar-refractivity contribution in [3.63, 3.8) is 0 Å². The lowest BCUT2D eigenvalue weighted by atomic mass is 10.1. The van der Waals surface area contributed by atoms with Crippen molar-refractivity contribution in [1.29, 1.82) is 0 Å². The molecule has 0 fully saturated rings. The van der Waals surface area contributed by atoms with Gasteiger partial charge in [0.2, 0.25) is 0 Å². The van der Waals surface area contributed by atoms with Gasteiger partial charge in [0.05, 0.1) is 22.0 Å². The number of hydrogen-bond acceptors (Lipinski definition) is 4. The first kappa shape index (κ1) is 17.1. The van der Waals surface area contributed by atoms with Gasteiger partial charge in [0.1, 0.15) is 22.4 Å². The summed E-state index contributed by atoms with van der Waals surface area (Å²) in [7, 11) is 0. The van der Waals surface area contributed by atoms with Crippen LogP contribution in [-0.4, -0.2) is 20.9 Å². The van der Waals surface area contributed by atoms with Crippen molar-refractivity contribution in [2.24, 2.45) is 0 Å². The van der Waals surface area contributed by atoms with Crippen molar-refractivity contribution >= 4 is 38.6 Å². The van der Waals surface area contributed by atoms with Crippen LogP contribution in [0, 0.1) is 5.82 Å². The van der Waals surface area contributed by atoms with Crippen molar-refractivity contribution in [3.8, 4) is 0 Å². The number of alkyl halides is 2. The van der Waals surface area contributed by atoms with Gasteiger partial charge in [-0.2, -0.15) is 0 Å². The number of carbonyl (C=O) groups excluding carboxylic acids is 1. The first-order valence-electron chi connectivity index (χ1n) is 6.80. The molecule has 0 aliphatic carbocycles. The topological polar surface area (TPSA) is 87.7 Å². The predicted molar refractivity (Wildman–Crippen MR) is 87.2 cm³/mol. The van der Waals surface area contributed by atoms with Crippen molar-refractivity contribution in [1.82, 2.24) is 15.0 Å². The highest BCUT2D eigenvalue weighted by Gasteiger charge is 2.21. The SMILES string of the molecule is O=C(Nc1ncnc2c(Br)c(=O)[nH]cc12)c1cccc(C(F)F)c1F. The zero-order valence-electron chi connectivity index (χ0n) is 12.2. The third-order valence-electron chi connectivity index (χ3n) is 3.38. The van der Waals surface area contributed by atoms with Crippen LogP contribution in [0.1, 0.15) is 22.3 Å². The quantitative estimate of drug-likeness (QED) is 0.689. The molecule has 0 atom stereocenters. The third kappa shape index (κ3) is 3.12. The highest BCUT2D eigenvalue weighted by molar-refractivity contribution is 9.10. The van der Waals surface area contributed by atoms with Crippen molar-refractivity contribution < 1.29 is 18.0 Å². The second kappa shape index (κ2) is 6.63. The second-order valence-corrected chi connectivity index (χ2v) is 5.67. The highest BCUT2D eigenvalue weighted by atomic mass is 79.9. The summed E-state index contributed by atoms with van der Waals surface area (Å²) in [4.78, 5) is 34.1. The number of rotatable bonds is 3. The summed E-state index contributed by atoms with van der Waals surface area (Å²) in [5, 5.41) is 2.62. The number of pyridine rings is 1. The molecule has 0 unspecified atom stereocenters. The molecule has 0 aliphatic rings. The van der Waals surface area contributed by atoms with E-state index in [1.165, 1.54) is 6.20 Å². The Morgan fingerprint density at radius 2 is 2.04 bits per heavy atom. The fourth-order valence-corrected chi connectivity index (χ4v) is 2.61. The number of amides is 1. The Morgan fingerprint density at radius 3 is 2.76 bits per heavy atom. The van der Waals surface area contributed by atoms with Crippen LogP contribution < -0.4 is 10.9 Å². The monoisotopic (exact) mass is 412 g/mol. The van der Waals surface area contributed by atoms with Gasteiger partial charge in [0, 0.05) is 6.20 Å². The molecule has 2 aromatic heterocycles. The van der Waals surface area contributed by atoms with E-state index in [0.29, 0.717) is 0 Å². The minimum absolute atomic E-state index is 0.00574. The largest absolute Gasteiger partial charge is 0.327 e. The Bertz CT molecular complexity index is 1040. The van der Waals surface area contributed by atoms with Gasteiger partial charge in [-0.15, -0.1) is 0 Å². The number of benzene rings is 1. The summed E-state index contributed by atoms with van der Waals surface area (Å²) in [5.74, 6) is -2.26. The molecule has 1 amide bonds. The minimum atomic E-state index is -3.05. The number of H-pyrrole nitrogens is 1. The first-order chi connectivity index (χ1) is 11.9. The van der Waals surface area contributed by atoms with Crippen LogP contribution in [-0.2, 0) is 0 Å². The molecular formula is C15H8BrF3N4O2. The Hall–Kier alpha value is -2.75. The smallest absolute Gasteiger partial charge is 0.266 e. The van der Waals surface area contributed by atoms with Gasteiger partial charge in [-0.05, 0) is 22.0 Å². The molecule has 1 aromatic carbocycles. The van der Waals surface area contributed by atoms with Gasteiger partial charge in [0.15, 0.2) is 0 Å². The fraction of sp³-hybridized carbons (Fsp3) is 0.0667. The van der Waals surface area contributed by atoms with Crippen LogP contribution in [0.4, 0.5) is 19.0 Å². The van der Waals surface area contributed by atoms with Gasteiger partial charge in [-0.25, -0.2) is 23.1 Å². The summed E-state index contributed by atoms with van der Waals surface area (Å²) >= 11 is 3.07. The van der Waals surface area contributed by atoms with E-state index in [1.54, 1.807) is 0 Å². The zero-order chi connectivity index (χ0) is 18.1. The maximum atomic E-state index is 14.1. The van der Waals surface area contributed by atoms with Gasteiger partial charge < -0.3 is 10.3 Å². The van der Waals surface area contributed by atoms with Crippen LogP contribution in [0.15, 0.2) is 40.0 Å². The highest BCUT2D eigenvalue weighted by Crippen LogP contribution is 2.26. The molecule has 25 heavy (non-hydrogen) atoms. The predicted octanol–water partition coefficient (Wildman–Crippen LogP) is 3.41. The second-order valence-electron chi connectivity index (χ2n) is 4.88. The number of aromatic nitrogens is 3. The Balaban J connectivity index is 2.03. The molecule has 0 radical (unpaired) electrons. The van der Waals surface area contributed by atoms with Gasteiger partial charge >= 0.3 is 0 Å². The van der Waals surface area contributed by atoms with Crippen LogP contribution >= 0.6 is 15.9 Å². The lowest BCUT2D eigenvalue weighted by molar-refractivity contribution is 0.102. The molecule has 0 saturated heterocycles. The molecule has 6 nitrogen and oxygen atoms in total. The van der Waals surface area contributed by atoms with E-state index < -0.39 is 34.8 Å². The van der Waals surface area contributed by atoms with Crippen LogP contribution in [0.25, 0.3) is 10.9 Å². The van der Waals surface area contributed by atoms with Gasteiger partial charge in [0.25, 0.3) is 17.9 Å². The van der Waals surface area contributed by atoms with E-state index >= 15 is 0 Å². The Morgan fingerprint density at radius 1 is 1.28 bits per heavy atom. The Kier molecular flexibility index (Phi) is 4.53. The van der Waals surface area contributed by atoms with E-state index in [-0.39, 0.29) is 21.2 Å². The molecular weight excluding hydrogens is 405 g/mol. The molecule has 2 N–H and O–H groups in total. The number of nitrogens with zero attached hydrogens (tertiary/aromatic N) is 2. The molecule has 2 heterocycles. The molecule has 0 saturated carbocycles. The molecule has 3 aromatic rings. The normalized spacial score (nSPS) is 11.1. The third-order valence-corrected chi connectivity index (χ3v) is 4.11. The Labute approximate surface area is 146 Å². The first-order valence-corrected chi connectivity index (χ1v) is 7.59. The molecule has 10 heteroatoms. The summed E-state index contributed by atoms with van der Waals surface area (Å²) in [5.41, 5.74) is -1.62. The van der Waals surface area contributed by atoms with Crippen LogP contribution in [0.2, 0.25) is 0 Å². The number of anilines is 1. The molecule has 0 bridgehead atoms. The standard InChI is InChI=1S/C15H8BrF3N4O2/c16-9-11-8(4-20-15(9)25)13(22-5-21-11)23-14(24)7-3-1-2-6(10(7)17)12(18)19/h1-5,12H,(H,20,25)(H,21,22,23,24). The fourth-order valence-electron chi connectivity index (χ4n) is 2.18. The zero-order valence-corrected chi connectivity index (χ0v) is 13.8. The molecule has 0 spiro atoms. The number of nitrogens with one attached hydrogen (secondary N) is 2. The number of halogens is 4. The number of hydrogen-bond donors (Lipinski definition) is 2. The van der Waals surface area contributed by atoms with Crippen molar-refractivity contribution in [2.75, 3.05) is 5.32 Å². The summed E-state index contributed by atoms with van der Waals surface area (Å²) in [6.45, 7) is 0. The molecule has 0 aliphatic heterocycles. The molecule has 3 rings (SSSR count). The molecule has 128 valence electrons. The van der Waals surface area contributed by atoms with Crippen molar-refractivity contribution in [2.45, 2.75) is 6.43 Å². The van der Waals surface area contributed by atoms with Crippen LogP contribution in [0.5, 0.6) is 0 Å². The lowest BCUT2D eigenvalue weighted by Gasteiger charge is -2.10. The average molecular weight is 413 g/mol. The van der Waals surface area contributed by atoms with E-state index in [9.17, 15) is 22.8 Å². The van der Waals surface area contributed by atoms with Gasteiger partial charge in [-0.3, -0.25) is 9.59 Å². The number of fused-ring (bicyclic) bond motifs is 1. The number of aromatic amines is 1. The van der Waals surface area contributed by atoms with Gasteiger partial charge in [-0.1, -0.05) is 12.1 Å². The van der Waals surface area contributed by atoms with E-state index in [0.717, 1.165) is 24.5 Å².